The van der Waals surface area contributed by atoms with Crippen molar-refractivity contribution in [3.05, 3.63) is 47.4 Å². The second kappa shape index (κ2) is 6.08. The van der Waals surface area contributed by atoms with Gasteiger partial charge in [-0.25, -0.2) is 20.5 Å². The number of rotatable bonds is 3. The lowest BCUT2D eigenvalue weighted by Gasteiger charge is -2.20. The molecule has 2 aromatic heterocycles. The normalized spacial score (nSPS) is 33.5. The van der Waals surface area contributed by atoms with Crippen molar-refractivity contribution in [2.45, 2.75) is 36.1 Å². The maximum atomic E-state index is 11.2. The molecule has 1 aliphatic heterocycles. The third-order valence-electron chi connectivity index (χ3n) is 5.78. The van der Waals surface area contributed by atoms with E-state index >= 15 is 0 Å². The van der Waals surface area contributed by atoms with E-state index in [4.69, 9.17) is 22.2 Å². The van der Waals surface area contributed by atoms with Crippen molar-refractivity contribution >= 4 is 28.5 Å². The highest BCUT2D eigenvalue weighted by Crippen LogP contribution is 2.65. The molecular weight excluding hydrogens is 400 g/mol. The first-order chi connectivity index (χ1) is 13.8. The Morgan fingerprint density at radius 2 is 2.00 bits per heavy atom. The Morgan fingerprint density at radius 3 is 2.69 bits per heavy atom. The van der Waals surface area contributed by atoms with Crippen LogP contribution in [0.25, 0.3) is 11.0 Å². The molecule has 29 heavy (non-hydrogen) atoms. The molecule has 1 saturated carbocycles. The Labute approximate surface area is 170 Å². The van der Waals surface area contributed by atoms with Gasteiger partial charge in [0.05, 0.1) is 11.6 Å². The maximum absolute atomic E-state index is 11.2. The Hall–Kier alpha value is -2.34. The van der Waals surface area contributed by atoms with Crippen LogP contribution in [0.3, 0.4) is 0 Å². The average molecular weight is 419 g/mol. The first kappa shape index (κ1) is 18.7. The number of hydrogen-bond donors (Lipinski definition) is 4. The number of nitrogens with zero attached hydrogens (tertiary/aromatic N) is 5. The summed E-state index contributed by atoms with van der Waals surface area (Å²) in [6.45, 7) is 0. The highest BCUT2D eigenvalue weighted by atomic mass is 35.5. The summed E-state index contributed by atoms with van der Waals surface area (Å²) >= 11 is 5.93. The fourth-order valence-electron chi connectivity index (χ4n) is 4.19. The zero-order valence-electron chi connectivity index (χ0n) is 15.3. The van der Waals surface area contributed by atoms with E-state index in [0.717, 1.165) is 0 Å². The standard InChI is InChI=1S/C18H19ClN6O4/c1-24(20)14-11-6-23-25(15(11)22-8-21-14)16-12(26)13(27)18(29-16)7-17(18,28)9-2-4-10(19)5-3-9/h2-6,8,12-13,16,26-28H,7,20H2,1H3/t12-,13+,16-,17-,18+/m1/s1. The number of hydrogen-bond acceptors (Lipinski definition) is 9. The van der Waals surface area contributed by atoms with Crippen molar-refractivity contribution in [3.63, 3.8) is 0 Å². The molecule has 5 rings (SSSR count). The molecule has 3 aromatic rings. The molecule has 2 aliphatic rings. The Balaban J connectivity index is 1.53. The number of ether oxygens (including phenoxy) is 1. The summed E-state index contributed by atoms with van der Waals surface area (Å²) < 4.78 is 7.42. The van der Waals surface area contributed by atoms with E-state index < -0.39 is 29.6 Å². The SMILES string of the molecule is CN(N)c1ncnc2c1cnn2[C@@H]1O[C@@]2(C[C@@]2(O)c2ccc(Cl)cc2)[C@@H](O)[C@H]1O. The van der Waals surface area contributed by atoms with Crippen molar-refractivity contribution in [2.75, 3.05) is 12.1 Å². The zero-order chi connectivity index (χ0) is 20.6. The van der Waals surface area contributed by atoms with E-state index in [1.165, 1.54) is 22.2 Å². The van der Waals surface area contributed by atoms with Crippen LogP contribution in [0.1, 0.15) is 18.2 Å². The second-order valence-corrected chi connectivity index (χ2v) is 7.95. The minimum atomic E-state index is -1.45. The monoisotopic (exact) mass is 418 g/mol. The fourth-order valence-corrected chi connectivity index (χ4v) is 4.32. The molecule has 0 amide bonds. The molecule has 1 spiro atoms. The van der Waals surface area contributed by atoms with Crippen LogP contribution < -0.4 is 10.9 Å². The van der Waals surface area contributed by atoms with Crippen molar-refractivity contribution < 1.29 is 20.1 Å². The molecule has 2 fully saturated rings. The van der Waals surface area contributed by atoms with Gasteiger partial charge in [-0.05, 0) is 17.7 Å². The first-order valence-electron chi connectivity index (χ1n) is 8.97. The van der Waals surface area contributed by atoms with E-state index in [2.05, 4.69) is 15.1 Å². The van der Waals surface area contributed by atoms with Crippen LogP contribution in [0.2, 0.25) is 5.02 Å². The van der Waals surface area contributed by atoms with Gasteiger partial charge in [0.2, 0.25) is 0 Å². The smallest absolute Gasteiger partial charge is 0.181 e. The number of aromatic nitrogens is 4. The number of halogens is 1. The van der Waals surface area contributed by atoms with Gasteiger partial charge in [-0.15, -0.1) is 0 Å². The van der Waals surface area contributed by atoms with Gasteiger partial charge in [0.1, 0.15) is 29.7 Å². The second-order valence-electron chi connectivity index (χ2n) is 7.51. The van der Waals surface area contributed by atoms with Crippen molar-refractivity contribution in [2.24, 2.45) is 5.84 Å². The van der Waals surface area contributed by atoms with Crippen LogP contribution in [0.15, 0.2) is 36.8 Å². The van der Waals surface area contributed by atoms with Gasteiger partial charge in [-0.2, -0.15) is 5.10 Å². The first-order valence-corrected chi connectivity index (χ1v) is 9.35. The highest BCUT2D eigenvalue weighted by Gasteiger charge is 2.78. The Kier molecular flexibility index (Phi) is 3.92. The Bertz CT molecular complexity index is 1090. The molecule has 5 atom stereocenters. The van der Waals surface area contributed by atoms with Crippen molar-refractivity contribution in [3.8, 4) is 0 Å². The summed E-state index contributed by atoms with van der Waals surface area (Å²) in [5.41, 5.74) is -1.87. The number of benzene rings is 1. The summed E-state index contributed by atoms with van der Waals surface area (Å²) in [6.07, 6.45) is -0.733. The van der Waals surface area contributed by atoms with Gasteiger partial charge in [-0.3, -0.25) is 5.01 Å². The highest BCUT2D eigenvalue weighted by molar-refractivity contribution is 6.30. The third-order valence-corrected chi connectivity index (χ3v) is 6.04. The molecule has 11 heteroatoms. The summed E-state index contributed by atoms with van der Waals surface area (Å²) in [4.78, 5) is 8.34. The summed E-state index contributed by atoms with van der Waals surface area (Å²) in [5.74, 6) is 6.25. The number of aliphatic hydroxyl groups excluding tert-OH is 2. The van der Waals surface area contributed by atoms with Crippen LogP contribution in [0.5, 0.6) is 0 Å². The number of nitrogens with two attached hydrogens (primary N) is 1. The van der Waals surface area contributed by atoms with Gasteiger partial charge in [0.15, 0.2) is 17.7 Å². The summed E-state index contributed by atoms with van der Waals surface area (Å²) in [7, 11) is 1.63. The van der Waals surface area contributed by atoms with E-state index in [1.807, 2.05) is 0 Å². The molecule has 152 valence electrons. The van der Waals surface area contributed by atoms with Crippen LogP contribution in [-0.4, -0.2) is 59.9 Å². The molecular formula is C18H19ClN6O4. The molecule has 0 unspecified atom stereocenters. The number of hydrazine groups is 1. The van der Waals surface area contributed by atoms with Crippen LogP contribution >= 0.6 is 11.6 Å². The number of aliphatic hydroxyl groups is 3. The minimum Gasteiger partial charge on any atom is -0.387 e. The van der Waals surface area contributed by atoms with E-state index in [-0.39, 0.29) is 6.42 Å². The molecule has 1 aliphatic carbocycles. The van der Waals surface area contributed by atoms with E-state index in [1.54, 1.807) is 31.3 Å². The molecule has 0 radical (unpaired) electrons. The van der Waals surface area contributed by atoms with Gasteiger partial charge in [0.25, 0.3) is 0 Å². The van der Waals surface area contributed by atoms with Gasteiger partial charge < -0.3 is 20.1 Å². The van der Waals surface area contributed by atoms with Gasteiger partial charge >= 0.3 is 0 Å². The minimum absolute atomic E-state index is 0.126. The molecule has 5 N–H and O–H groups in total. The van der Waals surface area contributed by atoms with E-state index in [0.29, 0.717) is 27.4 Å². The summed E-state index contributed by atoms with van der Waals surface area (Å²) in [5, 5.41) is 39.3. The van der Waals surface area contributed by atoms with Crippen LogP contribution in [-0.2, 0) is 10.3 Å². The largest absolute Gasteiger partial charge is 0.387 e. The predicted octanol–water partition coefficient (Wildman–Crippen LogP) is 0.0705. The van der Waals surface area contributed by atoms with E-state index in [9.17, 15) is 15.3 Å². The lowest BCUT2D eigenvalue weighted by atomic mass is 9.99. The molecule has 1 aromatic carbocycles. The molecule has 3 heterocycles. The van der Waals surface area contributed by atoms with Crippen LogP contribution in [0, 0.1) is 0 Å². The fraction of sp³-hybridized carbons (Fsp3) is 0.389. The third kappa shape index (κ3) is 2.44. The van der Waals surface area contributed by atoms with Gasteiger partial charge in [0, 0.05) is 18.5 Å². The number of anilines is 1. The lowest BCUT2D eigenvalue weighted by molar-refractivity contribution is -0.0927. The Morgan fingerprint density at radius 1 is 1.28 bits per heavy atom. The number of fused-ring (bicyclic) bond motifs is 1. The molecule has 1 saturated heterocycles. The average Bonchev–Trinajstić information content (AvgIpc) is 2.98. The molecule has 0 bridgehead atoms. The quantitative estimate of drug-likeness (QED) is 0.343. The van der Waals surface area contributed by atoms with Crippen molar-refractivity contribution in [1.29, 1.82) is 0 Å². The zero-order valence-corrected chi connectivity index (χ0v) is 16.1. The maximum Gasteiger partial charge on any atom is 0.181 e. The summed E-state index contributed by atoms with van der Waals surface area (Å²) in [6, 6.07) is 6.65. The topological polar surface area (TPSA) is 143 Å². The molecule has 10 nitrogen and oxygen atoms in total. The van der Waals surface area contributed by atoms with Crippen molar-refractivity contribution in [1.82, 2.24) is 19.7 Å². The van der Waals surface area contributed by atoms with Gasteiger partial charge in [-0.1, -0.05) is 23.7 Å². The van der Waals surface area contributed by atoms with Crippen LogP contribution in [0.4, 0.5) is 5.82 Å². The lowest BCUT2D eigenvalue weighted by Crippen LogP contribution is -2.38. The predicted molar refractivity (Wildman–Crippen MR) is 103 cm³/mol.